The Morgan fingerprint density at radius 1 is 1.40 bits per heavy atom. The molecule has 15 heavy (non-hydrogen) atoms. The molecule has 0 saturated heterocycles. The van der Waals surface area contributed by atoms with E-state index in [1.165, 1.54) is 18.2 Å². The molecule has 78 valence electrons. The van der Waals surface area contributed by atoms with Gasteiger partial charge in [-0.1, -0.05) is 17.7 Å². The van der Waals surface area contributed by atoms with Crippen molar-refractivity contribution >= 4 is 23.8 Å². The van der Waals surface area contributed by atoms with E-state index in [1.54, 1.807) is 0 Å². The minimum Gasteiger partial charge on any atom is -0.272 e. The molecule has 0 spiro atoms. The monoisotopic (exact) mass is 245 g/mol. The van der Waals surface area contributed by atoms with Gasteiger partial charge in [0.15, 0.2) is 5.82 Å². The minimum absolute atomic E-state index is 0.0231. The summed E-state index contributed by atoms with van der Waals surface area (Å²) in [6.45, 7) is 0. The number of hydrogen-bond donors (Lipinski definition) is 2. The lowest BCUT2D eigenvalue weighted by molar-refractivity contribution is 0.616. The lowest BCUT2D eigenvalue weighted by atomic mass is 10.3. The summed E-state index contributed by atoms with van der Waals surface area (Å²) < 4.78 is 14.6. The van der Waals surface area contributed by atoms with Gasteiger partial charge in [-0.25, -0.2) is 18.9 Å². The quantitative estimate of drug-likeness (QED) is 0.756. The van der Waals surface area contributed by atoms with E-state index >= 15 is 0 Å². The van der Waals surface area contributed by atoms with Crippen LogP contribution in [0.15, 0.2) is 23.0 Å². The Morgan fingerprint density at radius 3 is 2.73 bits per heavy atom. The largest absolute Gasteiger partial charge is 0.347 e. The van der Waals surface area contributed by atoms with Crippen LogP contribution in [0, 0.1) is 10.6 Å². The summed E-state index contributed by atoms with van der Waals surface area (Å²) in [4.78, 5) is 11.3. The number of hydrogen-bond acceptors (Lipinski definition) is 2. The van der Waals surface area contributed by atoms with Crippen molar-refractivity contribution in [2.75, 3.05) is 0 Å². The second-order valence-electron chi connectivity index (χ2n) is 2.77. The molecule has 0 atom stereocenters. The topological polar surface area (TPSA) is 53.6 Å². The van der Waals surface area contributed by atoms with Gasteiger partial charge >= 0.3 is 5.69 Å². The summed E-state index contributed by atoms with van der Waals surface area (Å²) in [5.74, 6) is -0.680. The summed E-state index contributed by atoms with van der Waals surface area (Å²) in [5.41, 5.74) is -0.517. The molecule has 0 unspecified atom stereocenters. The van der Waals surface area contributed by atoms with E-state index in [-0.39, 0.29) is 15.5 Å². The molecule has 1 heterocycles. The maximum Gasteiger partial charge on any atom is 0.347 e. The van der Waals surface area contributed by atoms with E-state index in [9.17, 15) is 9.18 Å². The van der Waals surface area contributed by atoms with Crippen molar-refractivity contribution in [1.29, 1.82) is 0 Å². The fourth-order valence-electron chi connectivity index (χ4n) is 1.19. The molecule has 2 N–H and O–H groups in total. The molecule has 0 aliphatic carbocycles. The van der Waals surface area contributed by atoms with Crippen molar-refractivity contribution in [3.05, 3.63) is 44.3 Å². The van der Waals surface area contributed by atoms with Gasteiger partial charge in [-0.15, -0.1) is 0 Å². The molecule has 0 fully saturated rings. The number of aromatic nitrogens is 3. The van der Waals surface area contributed by atoms with Crippen LogP contribution < -0.4 is 5.69 Å². The molecular weight excluding hydrogens is 241 g/mol. The van der Waals surface area contributed by atoms with Crippen LogP contribution in [0.25, 0.3) is 5.69 Å². The van der Waals surface area contributed by atoms with E-state index in [0.29, 0.717) is 0 Å². The highest BCUT2D eigenvalue weighted by Gasteiger charge is 2.11. The molecular formula is C8H5ClFN3OS. The van der Waals surface area contributed by atoms with Crippen molar-refractivity contribution < 1.29 is 4.39 Å². The smallest absolute Gasteiger partial charge is 0.272 e. The highest BCUT2D eigenvalue weighted by atomic mass is 35.5. The molecule has 0 bridgehead atoms. The van der Waals surface area contributed by atoms with Crippen LogP contribution in [0.1, 0.15) is 0 Å². The van der Waals surface area contributed by atoms with Crippen LogP contribution >= 0.6 is 23.8 Å². The van der Waals surface area contributed by atoms with Gasteiger partial charge in [-0.3, -0.25) is 5.10 Å². The van der Waals surface area contributed by atoms with Gasteiger partial charge in [0.05, 0.1) is 10.7 Å². The molecule has 1 aromatic carbocycles. The summed E-state index contributed by atoms with van der Waals surface area (Å²) in [6, 6.07) is 4.35. The zero-order chi connectivity index (χ0) is 11.0. The van der Waals surface area contributed by atoms with Gasteiger partial charge in [0.1, 0.15) is 0 Å². The fourth-order valence-corrected chi connectivity index (χ4v) is 1.60. The fraction of sp³-hybridized carbons (Fsp3) is 0. The van der Waals surface area contributed by atoms with Gasteiger partial charge in [-0.2, -0.15) is 0 Å². The second-order valence-corrected chi connectivity index (χ2v) is 3.56. The molecule has 0 aliphatic heterocycles. The van der Waals surface area contributed by atoms with Crippen molar-refractivity contribution in [3.8, 4) is 5.69 Å². The predicted octanol–water partition coefficient (Wildman–Crippen LogP) is 2.02. The predicted molar refractivity (Wildman–Crippen MR) is 56.5 cm³/mol. The lowest BCUT2D eigenvalue weighted by Gasteiger charge is -2.02. The number of rotatable bonds is 1. The third-order valence-electron chi connectivity index (χ3n) is 1.85. The number of H-pyrrole nitrogens is 2. The number of benzene rings is 1. The molecule has 0 saturated carbocycles. The standard InChI is InChI=1S/C8H5ClFN3OS/c9-4-2-1-3-5(6(4)10)13-7(14)11-12-8(13)15/h1-3H,(H,11,14)(H,12,15). The minimum atomic E-state index is -0.680. The van der Waals surface area contributed by atoms with E-state index in [1.807, 2.05) is 0 Å². The van der Waals surface area contributed by atoms with E-state index in [4.69, 9.17) is 23.8 Å². The third kappa shape index (κ3) is 1.62. The maximum absolute atomic E-state index is 13.6. The summed E-state index contributed by atoms with van der Waals surface area (Å²) in [6.07, 6.45) is 0. The highest BCUT2D eigenvalue weighted by molar-refractivity contribution is 7.71. The zero-order valence-corrected chi connectivity index (χ0v) is 8.82. The first-order valence-electron chi connectivity index (χ1n) is 3.95. The number of halogens is 2. The molecule has 7 heteroatoms. The Bertz CT molecular complexity index is 587. The van der Waals surface area contributed by atoms with Gasteiger partial charge in [0.2, 0.25) is 4.77 Å². The Labute approximate surface area is 93.3 Å². The van der Waals surface area contributed by atoms with E-state index in [2.05, 4.69) is 10.2 Å². The molecule has 0 aliphatic rings. The number of nitrogens with one attached hydrogen (secondary N) is 2. The molecule has 2 rings (SSSR count). The Balaban J connectivity index is 2.81. The zero-order valence-electron chi connectivity index (χ0n) is 7.25. The molecule has 2 aromatic rings. The van der Waals surface area contributed by atoms with E-state index in [0.717, 1.165) is 4.57 Å². The third-order valence-corrected chi connectivity index (χ3v) is 2.43. The van der Waals surface area contributed by atoms with Crippen LogP contribution in [0.5, 0.6) is 0 Å². The molecule has 4 nitrogen and oxygen atoms in total. The Morgan fingerprint density at radius 2 is 2.13 bits per heavy atom. The van der Waals surface area contributed by atoms with Crippen LogP contribution in [-0.4, -0.2) is 14.8 Å². The molecule has 0 radical (unpaired) electrons. The first kappa shape index (κ1) is 10.1. The Hall–Kier alpha value is -1.40. The number of nitrogens with zero attached hydrogens (tertiary/aromatic N) is 1. The van der Waals surface area contributed by atoms with Crippen LogP contribution in [0.3, 0.4) is 0 Å². The first-order chi connectivity index (χ1) is 7.11. The van der Waals surface area contributed by atoms with Crippen molar-refractivity contribution in [3.63, 3.8) is 0 Å². The lowest BCUT2D eigenvalue weighted by Crippen LogP contribution is -2.16. The van der Waals surface area contributed by atoms with Crippen LogP contribution in [-0.2, 0) is 0 Å². The summed E-state index contributed by atoms with van der Waals surface area (Å²) >= 11 is 10.4. The van der Waals surface area contributed by atoms with Gasteiger partial charge in [0, 0.05) is 0 Å². The normalized spacial score (nSPS) is 10.5. The average molecular weight is 246 g/mol. The van der Waals surface area contributed by atoms with Crippen LogP contribution in [0.2, 0.25) is 5.02 Å². The van der Waals surface area contributed by atoms with E-state index < -0.39 is 11.5 Å². The van der Waals surface area contributed by atoms with Gasteiger partial charge in [0.25, 0.3) is 0 Å². The van der Waals surface area contributed by atoms with Gasteiger partial charge in [-0.05, 0) is 24.4 Å². The second kappa shape index (κ2) is 3.63. The summed E-state index contributed by atoms with van der Waals surface area (Å²) in [5, 5.41) is 4.60. The average Bonchev–Trinajstić information content (AvgIpc) is 2.52. The maximum atomic E-state index is 13.6. The first-order valence-corrected chi connectivity index (χ1v) is 4.74. The summed E-state index contributed by atoms with van der Waals surface area (Å²) in [7, 11) is 0. The van der Waals surface area contributed by atoms with Crippen molar-refractivity contribution in [1.82, 2.24) is 14.8 Å². The highest BCUT2D eigenvalue weighted by Crippen LogP contribution is 2.19. The van der Waals surface area contributed by atoms with Crippen molar-refractivity contribution in [2.45, 2.75) is 0 Å². The molecule has 0 amide bonds. The van der Waals surface area contributed by atoms with Gasteiger partial charge < -0.3 is 0 Å². The number of aromatic amines is 2. The SMILES string of the molecule is O=c1[nH][nH]c(=S)n1-c1cccc(Cl)c1F. The van der Waals surface area contributed by atoms with Crippen molar-refractivity contribution in [2.24, 2.45) is 0 Å². The molecule has 1 aromatic heterocycles. The Kier molecular flexibility index (Phi) is 2.45. The van der Waals surface area contributed by atoms with Crippen LogP contribution in [0.4, 0.5) is 4.39 Å².